The highest BCUT2D eigenvalue weighted by Crippen LogP contribution is 2.12. The van der Waals surface area contributed by atoms with Crippen molar-refractivity contribution in [3.05, 3.63) is 35.2 Å². The Morgan fingerprint density at radius 1 is 1.32 bits per heavy atom. The molecular formula is C18H27N5O2. The molecule has 3 heterocycles. The van der Waals surface area contributed by atoms with Crippen molar-refractivity contribution in [2.45, 2.75) is 46.1 Å². The molecule has 3 rings (SSSR count). The first-order valence-corrected chi connectivity index (χ1v) is 9.13. The van der Waals surface area contributed by atoms with E-state index in [4.69, 9.17) is 4.52 Å². The standard InChI is InChI=1S/C18H27N5O2/c1-3-4-6-17-19-12-15(20-17)13-22-7-5-8-23(10-9-22)18(24)16-11-14(2)25-21-16/h11-12H,3-10,13H2,1-2H3,(H,19,20). The molecule has 1 amide bonds. The maximum atomic E-state index is 12.5. The van der Waals surface area contributed by atoms with E-state index in [1.165, 1.54) is 6.42 Å². The zero-order chi connectivity index (χ0) is 17.6. The number of imidazole rings is 1. The Bertz CT molecular complexity index is 693. The van der Waals surface area contributed by atoms with Crippen molar-refractivity contribution in [2.24, 2.45) is 0 Å². The van der Waals surface area contributed by atoms with Crippen LogP contribution in [0.3, 0.4) is 0 Å². The molecule has 0 radical (unpaired) electrons. The number of carbonyl (C=O) groups excluding carboxylic acids is 1. The van der Waals surface area contributed by atoms with Gasteiger partial charge in [-0.15, -0.1) is 0 Å². The van der Waals surface area contributed by atoms with Crippen LogP contribution in [0, 0.1) is 6.92 Å². The number of aromatic nitrogens is 3. The van der Waals surface area contributed by atoms with E-state index in [1.54, 1.807) is 13.0 Å². The number of hydrogen-bond donors (Lipinski definition) is 1. The van der Waals surface area contributed by atoms with Crippen LogP contribution in [0.4, 0.5) is 0 Å². The van der Waals surface area contributed by atoms with Crippen LogP contribution in [0.15, 0.2) is 16.8 Å². The molecule has 1 saturated heterocycles. The average Bonchev–Trinajstić information content (AvgIpc) is 3.17. The van der Waals surface area contributed by atoms with E-state index in [-0.39, 0.29) is 5.91 Å². The third-order valence-electron chi connectivity index (χ3n) is 4.56. The van der Waals surface area contributed by atoms with Crippen LogP contribution in [0.5, 0.6) is 0 Å². The third-order valence-corrected chi connectivity index (χ3v) is 4.56. The van der Waals surface area contributed by atoms with Gasteiger partial charge in [-0.3, -0.25) is 9.69 Å². The largest absolute Gasteiger partial charge is 0.361 e. The number of carbonyl (C=O) groups is 1. The van der Waals surface area contributed by atoms with Crippen LogP contribution < -0.4 is 0 Å². The lowest BCUT2D eigenvalue weighted by Gasteiger charge is -2.20. The maximum absolute atomic E-state index is 12.5. The Kier molecular flexibility index (Phi) is 5.86. The van der Waals surface area contributed by atoms with E-state index in [0.29, 0.717) is 18.0 Å². The minimum atomic E-state index is -0.0397. The predicted octanol–water partition coefficient (Wildman–Crippen LogP) is 2.40. The Balaban J connectivity index is 1.53. The summed E-state index contributed by atoms with van der Waals surface area (Å²) >= 11 is 0. The lowest BCUT2D eigenvalue weighted by Crippen LogP contribution is -2.35. The molecule has 0 aliphatic carbocycles. The highest BCUT2D eigenvalue weighted by Gasteiger charge is 2.22. The van der Waals surface area contributed by atoms with Crippen molar-refractivity contribution in [2.75, 3.05) is 26.2 Å². The molecule has 7 heteroatoms. The number of nitrogens with one attached hydrogen (secondary N) is 1. The summed E-state index contributed by atoms with van der Waals surface area (Å²) in [5.74, 6) is 1.70. The van der Waals surface area contributed by atoms with E-state index >= 15 is 0 Å². The molecule has 7 nitrogen and oxygen atoms in total. The summed E-state index contributed by atoms with van der Waals surface area (Å²) in [5.41, 5.74) is 1.55. The highest BCUT2D eigenvalue weighted by molar-refractivity contribution is 5.92. The van der Waals surface area contributed by atoms with Gasteiger partial charge >= 0.3 is 0 Å². The lowest BCUT2D eigenvalue weighted by molar-refractivity contribution is 0.0750. The summed E-state index contributed by atoms with van der Waals surface area (Å²) in [7, 11) is 0. The topological polar surface area (TPSA) is 78.3 Å². The fraction of sp³-hybridized carbons (Fsp3) is 0.611. The number of H-pyrrole nitrogens is 1. The van der Waals surface area contributed by atoms with Crippen LogP contribution in [-0.4, -0.2) is 57.0 Å². The molecule has 0 spiro atoms. The second-order valence-corrected chi connectivity index (χ2v) is 6.70. The zero-order valence-corrected chi connectivity index (χ0v) is 15.1. The minimum Gasteiger partial charge on any atom is -0.361 e. The van der Waals surface area contributed by atoms with E-state index in [1.807, 2.05) is 11.1 Å². The van der Waals surface area contributed by atoms with Crippen molar-refractivity contribution in [3.63, 3.8) is 0 Å². The van der Waals surface area contributed by atoms with Gasteiger partial charge in [0.2, 0.25) is 0 Å². The molecule has 1 aliphatic heterocycles. The molecule has 0 unspecified atom stereocenters. The van der Waals surface area contributed by atoms with Crippen LogP contribution in [0.25, 0.3) is 0 Å². The number of rotatable bonds is 6. The minimum absolute atomic E-state index is 0.0397. The van der Waals surface area contributed by atoms with Crippen LogP contribution >= 0.6 is 0 Å². The van der Waals surface area contributed by atoms with Gasteiger partial charge in [0.05, 0.1) is 0 Å². The molecule has 0 atom stereocenters. The van der Waals surface area contributed by atoms with Gasteiger partial charge in [0.1, 0.15) is 11.6 Å². The second kappa shape index (κ2) is 8.29. The van der Waals surface area contributed by atoms with Gasteiger partial charge in [-0.1, -0.05) is 18.5 Å². The van der Waals surface area contributed by atoms with Crippen molar-refractivity contribution >= 4 is 5.91 Å². The van der Waals surface area contributed by atoms with Crippen molar-refractivity contribution in [3.8, 4) is 0 Å². The van der Waals surface area contributed by atoms with E-state index in [0.717, 1.165) is 57.0 Å². The first-order chi connectivity index (χ1) is 12.2. The van der Waals surface area contributed by atoms with Gasteiger partial charge in [-0.05, 0) is 19.8 Å². The van der Waals surface area contributed by atoms with Crippen LogP contribution in [0.2, 0.25) is 0 Å². The molecule has 2 aromatic rings. The fourth-order valence-electron chi connectivity index (χ4n) is 3.16. The second-order valence-electron chi connectivity index (χ2n) is 6.70. The number of hydrogen-bond acceptors (Lipinski definition) is 5. The summed E-state index contributed by atoms with van der Waals surface area (Å²) < 4.78 is 5.02. The molecule has 25 heavy (non-hydrogen) atoms. The smallest absolute Gasteiger partial charge is 0.276 e. The van der Waals surface area contributed by atoms with Gasteiger partial charge in [-0.2, -0.15) is 0 Å². The Morgan fingerprint density at radius 2 is 2.20 bits per heavy atom. The summed E-state index contributed by atoms with van der Waals surface area (Å²) in [6.45, 7) is 8.14. The normalized spacial score (nSPS) is 16.2. The summed E-state index contributed by atoms with van der Waals surface area (Å²) in [5, 5.41) is 3.84. The van der Waals surface area contributed by atoms with Gasteiger partial charge in [0.25, 0.3) is 5.91 Å². The van der Waals surface area contributed by atoms with Crippen LogP contribution in [0.1, 0.15) is 54.0 Å². The van der Waals surface area contributed by atoms with Gasteiger partial charge in [-0.25, -0.2) is 4.98 Å². The van der Waals surface area contributed by atoms with Gasteiger partial charge in [0, 0.05) is 57.1 Å². The number of nitrogens with zero attached hydrogens (tertiary/aromatic N) is 4. The number of amides is 1. The highest BCUT2D eigenvalue weighted by atomic mass is 16.5. The molecular weight excluding hydrogens is 318 g/mol. The van der Waals surface area contributed by atoms with Crippen molar-refractivity contribution < 1.29 is 9.32 Å². The Hall–Kier alpha value is -2.15. The molecule has 2 aromatic heterocycles. The molecule has 0 aromatic carbocycles. The monoisotopic (exact) mass is 345 g/mol. The van der Waals surface area contributed by atoms with E-state index in [9.17, 15) is 4.79 Å². The fourth-order valence-corrected chi connectivity index (χ4v) is 3.16. The van der Waals surface area contributed by atoms with Gasteiger partial charge < -0.3 is 14.4 Å². The molecule has 1 fully saturated rings. The number of aromatic amines is 1. The number of unbranched alkanes of at least 4 members (excludes halogenated alkanes) is 1. The van der Waals surface area contributed by atoms with Crippen molar-refractivity contribution in [1.29, 1.82) is 0 Å². The quantitative estimate of drug-likeness (QED) is 0.870. The van der Waals surface area contributed by atoms with Crippen molar-refractivity contribution in [1.82, 2.24) is 24.9 Å². The summed E-state index contributed by atoms with van der Waals surface area (Å²) in [4.78, 5) is 24.6. The molecule has 0 saturated carbocycles. The first kappa shape index (κ1) is 17.7. The Labute approximate surface area is 148 Å². The number of aryl methyl sites for hydroxylation is 2. The van der Waals surface area contributed by atoms with E-state index in [2.05, 4.69) is 26.9 Å². The SMILES string of the molecule is CCCCc1ncc(CN2CCCN(C(=O)c3cc(C)on3)CC2)[nH]1. The van der Waals surface area contributed by atoms with E-state index < -0.39 is 0 Å². The predicted molar refractivity (Wildman–Crippen MR) is 94.2 cm³/mol. The molecule has 1 aliphatic rings. The lowest BCUT2D eigenvalue weighted by atomic mass is 10.2. The summed E-state index contributed by atoms with van der Waals surface area (Å²) in [6.07, 6.45) is 6.25. The van der Waals surface area contributed by atoms with Gasteiger partial charge in [0.15, 0.2) is 5.69 Å². The Morgan fingerprint density at radius 3 is 2.96 bits per heavy atom. The average molecular weight is 345 g/mol. The third kappa shape index (κ3) is 4.69. The maximum Gasteiger partial charge on any atom is 0.276 e. The molecule has 136 valence electrons. The molecule has 1 N–H and O–H groups in total. The zero-order valence-electron chi connectivity index (χ0n) is 15.1. The first-order valence-electron chi connectivity index (χ1n) is 9.13. The van der Waals surface area contributed by atoms with Crippen LogP contribution in [-0.2, 0) is 13.0 Å². The summed E-state index contributed by atoms with van der Waals surface area (Å²) in [6, 6.07) is 1.70. The molecule has 0 bridgehead atoms.